The average molecular weight is 745 g/mol. The van der Waals surface area contributed by atoms with E-state index < -0.39 is 0 Å². The summed E-state index contributed by atoms with van der Waals surface area (Å²) >= 11 is 0. The van der Waals surface area contributed by atoms with Crippen molar-refractivity contribution in [2.45, 2.75) is 34.6 Å². The van der Waals surface area contributed by atoms with Crippen LogP contribution in [0.1, 0.15) is 27.8 Å². The molecule has 0 amide bonds. The summed E-state index contributed by atoms with van der Waals surface area (Å²) in [4.78, 5) is 4.53. The first-order valence-electron chi connectivity index (χ1n) is 19.3. The van der Waals surface area contributed by atoms with Crippen LogP contribution in [0.15, 0.2) is 158 Å². The van der Waals surface area contributed by atoms with Crippen molar-refractivity contribution in [3.63, 3.8) is 0 Å². The second kappa shape index (κ2) is 14.1. The molecule has 0 saturated carbocycles. The summed E-state index contributed by atoms with van der Waals surface area (Å²) in [5.41, 5.74) is 11.3. The number of benzene rings is 9. The van der Waals surface area contributed by atoms with Gasteiger partial charge < -0.3 is 9.80 Å². The maximum atomic E-state index is 14.6. The molecule has 9 aromatic rings. The SMILES string of the molecule is C=C/C(=c1/ccc2ccc(N(c3ccc(F)cc3)c3c(C)ccc4ccc(C)cc34)c3ccc(C)c1c23)N(c1ccc(F)cc1)c1c(C)ccc2ccc(C)cc12. The number of rotatable bonds is 7. The first-order chi connectivity index (χ1) is 27.6. The number of anilines is 5. The van der Waals surface area contributed by atoms with Gasteiger partial charge in [-0.1, -0.05) is 96.6 Å². The van der Waals surface area contributed by atoms with E-state index in [9.17, 15) is 8.78 Å². The summed E-state index contributed by atoms with van der Waals surface area (Å²) in [6.45, 7) is 15.1. The Labute approximate surface area is 332 Å². The predicted molar refractivity (Wildman–Crippen MR) is 239 cm³/mol. The summed E-state index contributed by atoms with van der Waals surface area (Å²) in [6.07, 6.45) is 1.93. The minimum Gasteiger partial charge on any atom is -0.309 e. The van der Waals surface area contributed by atoms with E-state index in [-0.39, 0.29) is 11.6 Å². The molecule has 0 atom stereocenters. The summed E-state index contributed by atoms with van der Waals surface area (Å²) in [5, 5.41) is 9.89. The minimum absolute atomic E-state index is 0.282. The van der Waals surface area contributed by atoms with Gasteiger partial charge in [-0.2, -0.15) is 0 Å². The minimum atomic E-state index is -0.293. The van der Waals surface area contributed by atoms with E-state index in [4.69, 9.17) is 0 Å². The Kier molecular flexibility index (Phi) is 8.85. The van der Waals surface area contributed by atoms with E-state index in [1.54, 1.807) is 0 Å². The molecule has 2 nitrogen and oxygen atoms in total. The van der Waals surface area contributed by atoms with Crippen molar-refractivity contribution in [2.75, 3.05) is 9.80 Å². The van der Waals surface area contributed by atoms with E-state index in [1.165, 1.54) is 29.8 Å². The van der Waals surface area contributed by atoms with Gasteiger partial charge in [0.15, 0.2) is 0 Å². The fourth-order valence-corrected chi connectivity index (χ4v) is 8.64. The molecule has 0 fully saturated rings. The van der Waals surface area contributed by atoms with Crippen LogP contribution in [0.25, 0.3) is 48.8 Å². The molecule has 0 unspecified atom stereocenters. The molecule has 0 spiro atoms. The Morgan fingerprint density at radius 2 is 0.982 bits per heavy atom. The largest absolute Gasteiger partial charge is 0.309 e. The molecule has 0 aliphatic carbocycles. The van der Waals surface area contributed by atoms with Crippen LogP contribution in [0, 0.1) is 46.3 Å². The standard InChI is InChI=1S/C53H42F2N2/c1-7-48(56(42-23-19-40(54)20-24-42)52-35(5)10-15-37-13-8-32(2)30-46(37)52)44-28-17-39-18-29-49(45-27-12-34(4)50(44)51(39)45)57(43-25-21-41(55)22-26-43)53-36(6)11-16-38-14-9-33(3)31-47(38)53/h7-31H,1H2,2-6H3/b48-44+. The van der Waals surface area contributed by atoms with Crippen LogP contribution in [0.4, 0.5) is 37.2 Å². The first kappa shape index (κ1) is 35.9. The summed E-state index contributed by atoms with van der Waals surface area (Å²) in [7, 11) is 0. The highest BCUT2D eigenvalue weighted by Crippen LogP contribution is 2.46. The molecular formula is C53H42F2N2. The zero-order valence-corrected chi connectivity index (χ0v) is 32.8. The summed E-state index contributed by atoms with van der Waals surface area (Å²) < 4.78 is 29.1. The zero-order chi connectivity index (χ0) is 39.5. The number of fused-ring (bicyclic) bond motifs is 2. The van der Waals surface area contributed by atoms with Gasteiger partial charge >= 0.3 is 0 Å². The van der Waals surface area contributed by atoms with Crippen LogP contribution >= 0.6 is 0 Å². The fourth-order valence-electron chi connectivity index (χ4n) is 8.64. The van der Waals surface area contributed by atoms with E-state index in [2.05, 4.69) is 148 Å². The molecule has 0 aliphatic rings. The molecule has 9 rings (SSSR count). The number of nitrogens with zero attached hydrogens (tertiary/aromatic N) is 2. The lowest BCUT2D eigenvalue weighted by Gasteiger charge is -2.31. The molecule has 0 N–H and O–H groups in total. The lowest BCUT2D eigenvalue weighted by atomic mass is 9.92. The molecule has 0 radical (unpaired) electrons. The predicted octanol–water partition coefficient (Wildman–Crippen LogP) is 14.4. The molecule has 57 heavy (non-hydrogen) atoms. The van der Waals surface area contributed by atoms with E-state index >= 15 is 0 Å². The van der Waals surface area contributed by atoms with Gasteiger partial charge in [0.25, 0.3) is 0 Å². The molecule has 0 bridgehead atoms. The van der Waals surface area contributed by atoms with Crippen LogP contribution in [-0.2, 0) is 0 Å². The van der Waals surface area contributed by atoms with Gasteiger partial charge in [0, 0.05) is 32.8 Å². The molecule has 0 heterocycles. The van der Waals surface area contributed by atoms with Gasteiger partial charge in [-0.3, -0.25) is 0 Å². The molecule has 9 aromatic carbocycles. The molecular weight excluding hydrogens is 703 g/mol. The van der Waals surface area contributed by atoms with Crippen molar-refractivity contribution in [1.82, 2.24) is 0 Å². The van der Waals surface area contributed by atoms with Crippen LogP contribution < -0.4 is 15.0 Å². The maximum absolute atomic E-state index is 14.6. The van der Waals surface area contributed by atoms with Gasteiger partial charge in [-0.05, 0) is 151 Å². The highest BCUT2D eigenvalue weighted by Gasteiger charge is 2.24. The fraction of sp³-hybridized carbons (Fsp3) is 0.0943. The van der Waals surface area contributed by atoms with Crippen molar-refractivity contribution in [2.24, 2.45) is 0 Å². The van der Waals surface area contributed by atoms with Crippen LogP contribution in [-0.4, -0.2) is 0 Å². The maximum Gasteiger partial charge on any atom is 0.123 e. The van der Waals surface area contributed by atoms with Crippen molar-refractivity contribution in [3.8, 4) is 0 Å². The number of aryl methyl sites for hydroxylation is 5. The third-order valence-corrected chi connectivity index (χ3v) is 11.4. The number of hydrogen-bond acceptors (Lipinski definition) is 2. The van der Waals surface area contributed by atoms with Gasteiger partial charge in [0.05, 0.1) is 22.8 Å². The van der Waals surface area contributed by atoms with E-state index in [1.807, 2.05) is 30.3 Å². The second-order valence-electron chi connectivity index (χ2n) is 15.2. The quantitative estimate of drug-likeness (QED) is 0.160. The summed E-state index contributed by atoms with van der Waals surface area (Å²) in [6, 6.07) is 48.4. The normalized spacial score (nSPS) is 12.1. The van der Waals surface area contributed by atoms with E-state index in [0.29, 0.717) is 0 Å². The second-order valence-corrected chi connectivity index (χ2v) is 15.2. The topological polar surface area (TPSA) is 6.48 Å². The number of halogens is 2. The third-order valence-electron chi connectivity index (χ3n) is 11.4. The lowest BCUT2D eigenvalue weighted by molar-refractivity contribution is 0.627. The zero-order valence-electron chi connectivity index (χ0n) is 32.8. The molecule has 0 aromatic heterocycles. The highest BCUT2D eigenvalue weighted by molar-refractivity contribution is 6.18. The Hall–Kier alpha value is -6.78. The Balaban J connectivity index is 1.40. The van der Waals surface area contributed by atoms with Crippen LogP contribution in [0.5, 0.6) is 0 Å². The Bertz CT molecular complexity index is 3100. The van der Waals surface area contributed by atoms with Crippen molar-refractivity contribution in [3.05, 3.63) is 203 Å². The number of hydrogen-bond donors (Lipinski definition) is 0. The van der Waals surface area contributed by atoms with Gasteiger partial charge in [-0.25, -0.2) is 8.78 Å². The molecule has 4 heteroatoms. The molecule has 0 aliphatic heterocycles. The highest BCUT2D eigenvalue weighted by atomic mass is 19.1. The van der Waals surface area contributed by atoms with Gasteiger partial charge in [0.1, 0.15) is 11.6 Å². The van der Waals surface area contributed by atoms with E-state index in [0.717, 1.165) is 105 Å². The van der Waals surface area contributed by atoms with Crippen LogP contribution in [0.2, 0.25) is 0 Å². The molecule has 0 saturated heterocycles. The third kappa shape index (κ3) is 6.09. The van der Waals surface area contributed by atoms with Gasteiger partial charge in [0.2, 0.25) is 0 Å². The van der Waals surface area contributed by atoms with Crippen molar-refractivity contribution >= 4 is 77.2 Å². The Morgan fingerprint density at radius 3 is 1.60 bits per heavy atom. The summed E-state index contributed by atoms with van der Waals surface area (Å²) in [5.74, 6) is -0.574. The smallest absolute Gasteiger partial charge is 0.123 e. The first-order valence-corrected chi connectivity index (χ1v) is 19.3. The monoisotopic (exact) mass is 744 g/mol. The van der Waals surface area contributed by atoms with Crippen molar-refractivity contribution < 1.29 is 8.78 Å². The Morgan fingerprint density at radius 1 is 0.474 bits per heavy atom. The van der Waals surface area contributed by atoms with Gasteiger partial charge in [-0.15, -0.1) is 0 Å². The van der Waals surface area contributed by atoms with Crippen molar-refractivity contribution in [1.29, 1.82) is 0 Å². The average Bonchev–Trinajstić information content (AvgIpc) is 3.21. The molecule has 278 valence electrons. The van der Waals surface area contributed by atoms with Crippen LogP contribution in [0.3, 0.4) is 0 Å². The lowest BCUT2D eigenvalue weighted by Crippen LogP contribution is -2.23.